The number of rotatable bonds is 7. The van der Waals surface area contributed by atoms with Crippen molar-refractivity contribution in [3.63, 3.8) is 0 Å². The van der Waals surface area contributed by atoms with Gasteiger partial charge in [0.25, 0.3) is 0 Å². The molecule has 0 spiro atoms. The highest BCUT2D eigenvalue weighted by Gasteiger charge is 2.25. The van der Waals surface area contributed by atoms with Gasteiger partial charge in [-0.25, -0.2) is 12.8 Å². The van der Waals surface area contributed by atoms with E-state index in [9.17, 15) is 17.6 Å². The van der Waals surface area contributed by atoms with Crippen LogP contribution < -0.4 is 0 Å². The second kappa shape index (κ2) is 8.60. The Kier molecular flexibility index (Phi) is 6.31. The van der Waals surface area contributed by atoms with E-state index >= 15 is 0 Å². The van der Waals surface area contributed by atoms with Gasteiger partial charge in [-0.05, 0) is 39.8 Å². The average Bonchev–Trinajstić information content (AvgIpc) is 3.02. The molecule has 0 saturated carbocycles. The third-order valence-corrected chi connectivity index (χ3v) is 6.78. The van der Waals surface area contributed by atoms with Crippen LogP contribution >= 0.6 is 0 Å². The SMILES string of the molecule is CC(C)N(C(=O)Cn1cc(S(=O)(=O)Cc2ccccc2F)c2ccccc21)C(C)C. The maximum atomic E-state index is 14.0. The van der Waals surface area contributed by atoms with Gasteiger partial charge in [0.1, 0.15) is 12.4 Å². The van der Waals surface area contributed by atoms with Crippen LogP contribution in [0, 0.1) is 5.82 Å². The Bertz CT molecular complexity index is 1160. The first kappa shape index (κ1) is 22.0. The van der Waals surface area contributed by atoms with E-state index in [2.05, 4.69) is 0 Å². The van der Waals surface area contributed by atoms with Crippen LogP contribution in [-0.4, -0.2) is 35.9 Å². The lowest BCUT2D eigenvalue weighted by atomic mass is 10.2. The fourth-order valence-corrected chi connectivity index (χ4v) is 5.48. The maximum absolute atomic E-state index is 14.0. The van der Waals surface area contributed by atoms with Crippen LogP contribution in [0.15, 0.2) is 59.6 Å². The summed E-state index contributed by atoms with van der Waals surface area (Å²) < 4.78 is 42.0. The molecule has 0 bridgehead atoms. The second-order valence-corrected chi connectivity index (χ2v) is 9.94. The lowest BCUT2D eigenvalue weighted by Gasteiger charge is -2.31. The molecule has 0 saturated heterocycles. The Morgan fingerprint density at radius 2 is 1.60 bits per heavy atom. The molecule has 0 N–H and O–H groups in total. The minimum Gasteiger partial charge on any atom is -0.337 e. The average molecular weight is 431 g/mol. The first-order valence-corrected chi connectivity index (χ1v) is 11.6. The summed E-state index contributed by atoms with van der Waals surface area (Å²) in [5.41, 5.74) is 0.779. The van der Waals surface area contributed by atoms with Crippen molar-refractivity contribution < 1.29 is 17.6 Å². The molecule has 1 amide bonds. The maximum Gasteiger partial charge on any atom is 0.242 e. The molecule has 3 rings (SSSR count). The van der Waals surface area contributed by atoms with Crippen LogP contribution in [0.2, 0.25) is 0 Å². The molecular weight excluding hydrogens is 403 g/mol. The van der Waals surface area contributed by atoms with Gasteiger partial charge < -0.3 is 9.47 Å². The zero-order chi connectivity index (χ0) is 22.1. The fourth-order valence-electron chi connectivity index (χ4n) is 3.89. The van der Waals surface area contributed by atoms with Crippen molar-refractivity contribution in [1.82, 2.24) is 9.47 Å². The van der Waals surface area contributed by atoms with E-state index in [0.717, 1.165) is 0 Å². The molecule has 5 nitrogen and oxygen atoms in total. The van der Waals surface area contributed by atoms with Gasteiger partial charge in [0.15, 0.2) is 9.84 Å². The van der Waals surface area contributed by atoms with Crippen LogP contribution in [0.1, 0.15) is 33.3 Å². The molecule has 0 unspecified atom stereocenters. The minimum absolute atomic E-state index is 0.0311. The van der Waals surface area contributed by atoms with Gasteiger partial charge in [-0.1, -0.05) is 36.4 Å². The van der Waals surface area contributed by atoms with Crippen molar-refractivity contribution >= 4 is 26.6 Å². The van der Waals surface area contributed by atoms with Crippen molar-refractivity contribution in [2.24, 2.45) is 0 Å². The number of sulfone groups is 1. The summed E-state index contributed by atoms with van der Waals surface area (Å²) in [4.78, 5) is 14.8. The van der Waals surface area contributed by atoms with Gasteiger partial charge in [0.05, 0.1) is 10.6 Å². The predicted octanol–water partition coefficient (Wildman–Crippen LogP) is 4.40. The largest absolute Gasteiger partial charge is 0.337 e. The number of para-hydroxylation sites is 1. The Labute approximate surface area is 177 Å². The zero-order valence-electron chi connectivity index (χ0n) is 17.7. The molecule has 3 aromatic rings. The van der Waals surface area contributed by atoms with E-state index in [4.69, 9.17) is 0 Å². The van der Waals surface area contributed by atoms with Gasteiger partial charge >= 0.3 is 0 Å². The number of amides is 1. The van der Waals surface area contributed by atoms with Crippen molar-refractivity contribution in [1.29, 1.82) is 0 Å². The topological polar surface area (TPSA) is 59.4 Å². The highest BCUT2D eigenvalue weighted by atomic mass is 32.2. The van der Waals surface area contributed by atoms with E-state index in [1.54, 1.807) is 39.8 Å². The molecule has 0 radical (unpaired) electrons. The van der Waals surface area contributed by atoms with Crippen molar-refractivity contribution in [2.45, 2.75) is 57.0 Å². The summed E-state index contributed by atoms with van der Waals surface area (Å²) in [6, 6.07) is 13.0. The monoisotopic (exact) mass is 430 g/mol. The molecule has 7 heteroatoms. The summed E-state index contributed by atoms with van der Waals surface area (Å²) in [6.45, 7) is 7.85. The Morgan fingerprint density at radius 1 is 1.00 bits per heavy atom. The third-order valence-electron chi connectivity index (χ3n) is 5.10. The van der Waals surface area contributed by atoms with Crippen LogP contribution in [0.25, 0.3) is 10.9 Å². The van der Waals surface area contributed by atoms with E-state index in [1.165, 1.54) is 24.4 Å². The van der Waals surface area contributed by atoms with Crippen molar-refractivity contribution in [2.75, 3.05) is 0 Å². The lowest BCUT2D eigenvalue weighted by molar-refractivity contribution is -0.135. The summed E-state index contributed by atoms with van der Waals surface area (Å²) in [5, 5.41) is 0.530. The Morgan fingerprint density at radius 3 is 2.23 bits per heavy atom. The van der Waals surface area contributed by atoms with Crippen LogP contribution in [-0.2, 0) is 26.9 Å². The van der Waals surface area contributed by atoms with Gasteiger partial charge in [-0.15, -0.1) is 0 Å². The number of fused-ring (bicyclic) bond motifs is 1. The number of halogens is 1. The summed E-state index contributed by atoms with van der Waals surface area (Å²) in [7, 11) is -3.82. The van der Waals surface area contributed by atoms with E-state index in [-0.39, 0.29) is 35.0 Å². The second-order valence-electron chi connectivity index (χ2n) is 7.98. The Hall–Kier alpha value is -2.67. The molecule has 0 fully saturated rings. The fraction of sp³-hybridized carbons (Fsp3) is 0.348. The predicted molar refractivity (Wildman–Crippen MR) is 116 cm³/mol. The smallest absolute Gasteiger partial charge is 0.242 e. The standard InChI is InChI=1S/C23H27FN2O3S/c1-16(2)26(17(3)4)23(27)14-25-13-22(19-10-6-8-12-21(19)25)30(28,29)15-18-9-5-7-11-20(18)24/h5-13,16-17H,14-15H2,1-4H3. The van der Waals surface area contributed by atoms with Gasteiger partial charge in [0, 0.05) is 34.7 Å². The molecular formula is C23H27FN2O3S. The molecule has 0 aliphatic carbocycles. The number of hydrogen-bond donors (Lipinski definition) is 0. The number of aromatic nitrogens is 1. The summed E-state index contributed by atoms with van der Waals surface area (Å²) in [6.07, 6.45) is 1.50. The molecule has 2 aromatic carbocycles. The van der Waals surface area contributed by atoms with E-state index in [1.807, 2.05) is 27.7 Å². The minimum atomic E-state index is -3.82. The normalized spacial score (nSPS) is 12.1. The molecule has 1 heterocycles. The summed E-state index contributed by atoms with van der Waals surface area (Å²) >= 11 is 0. The third kappa shape index (κ3) is 4.41. The van der Waals surface area contributed by atoms with Crippen molar-refractivity contribution in [3.8, 4) is 0 Å². The highest BCUT2D eigenvalue weighted by Crippen LogP contribution is 2.29. The lowest BCUT2D eigenvalue weighted by Crippen LogP contribution is -2.43. The molecule has 160 valence electrons. The number of carbonyl (C=O) groups excluding carboxylic acids is 1. The van der Waals surface area contributed by atoms with Gasteiger partial charge in [0.2, 0.25) is 5.91 Å². The zero-order valence-corrected chi connectivity index (χ0v) is 18.5. The molecule has 0 atom stereocenters. The van der Waals surface area contributed by atoms with E-state index < -0.39 is 21.4 Å². The van der Waals surface area contributed by atoms with E-state index in [0.29, 0.717) is 10.9 Å². The molecule has 0 aliphatic heterocycles. The molecule has 1 aromatic heterocycles. The Balaban J connectivity index is 2.02. The van der Waals surface area contributed by atoms with Crippen LogP contribution in [0.5, 0.6) is 0 Å². The first-order chi connectivity index (χ1) is 14.1. The number of benzene rings is 2. The number of carbonyl (C=O) groups is 1. The first-order valence-electron chi connectivity index (χ1n) is 9.97. The van der Waals surface area contributed by atoms with Crippen LogP contribution in [0.4, 0.5) is 4.39 Å². The van der Waals surface area contributed by atoms with Crippen LogP contribution in [0.3, 0.4) is 0 Å². The van der Waals surface area contributed by atoms with Crippen molar-refractivity contribution in [3.05, 3.63) is 66.1 Å². The van der Waals surface area contributed by atoms with Gasteiger partial charge in [-0.2, -0.15) is 0 Å². The highest BCUT2D eigenvalue weighted by molar-refractivity contribution is 7.90. The quantitative estimate of drug-likeness (QED) is 0.558. The number of hydrogen-bond acceptors (Lipinski definition) is 3. The molecule has 0 aliphatic rings. The molecule has 30 heavy (non-hydrogen) atoms. The number of nitrogens with zero attached hydrogens (tertiary/aromatic N) is 2. The summed E-state index contributed by atoms with van der Waals surface area (Å²) in [5.74, 6) is -1.07. The van der Waals surface area contributed by atoms with Gasteiger partial charge in [-0.3, -0.25) is 4.79 Å².